The number of aliphatic hydroxyl groups is 1. The van der Waals surface area contributed by atoms with Gasteiger partial charge in [0.15, 0.2) is 0 Å². The van der Waals surface area contributed by atoms with Crippen LogP contribution in [-0.2, 0) is 0 Å². The molecule has 1 aromatic carbocycles. The minimum atomic E-state index is -0.253. The van der Waals surface area contributed by atoms with Crippen LogP contribution >= 0.6 is 0 Å². The fraction of sp³-hybridized carbons (Fsp3) is 0.625. The molecule has 3 unspecified atom stereocenters. The Morgan fingerprint density at radius 3 is 2.58 bits per heavy atom. The van der Waals surface area contributed by atoms with Crippen molar-refractivity contribution in [2.24, 2.45) is 0 Å². The molecule has 0 aromatic heterocycles. The highest BCUT2D eigenvalue weighted by Crippen LogP contribution is 2.23. The van der Waals surface area contributed by atoms with E-state index in [-0.39, 0.29) is 24.0 Å². The first kappa shape index (κ1) is 14.5. The molecule has 3 atom stereocenters. The number of nitrogens with one attached hydrogen (secondary N) is 1. The number of rotatable bonds is 4. The van der Waals surface area contributed by atoms with E-state index in [9.17, 15) is 9.50 Å². The van der Waals surface area contributed by atoms with Crippen LogP contribution < -0.4 is 5.32 Å². The van der Waals surface area contributed by atoms with Gasteiger partial charge in [0, 0.05) is 12.1 Å². The Balaban J connectivity index is 2.03. The van der Waals surface area contributed by atoms with Gasteiger partial charge in [0.05, 0.1) is 6.10 Å². The van der Waals surface area contributed by atoms with Crippen LogP contribution in [0.4, 0.5) is 4.39 Å². The summed E-state index contributed by atoms with van der Waals surface area (Å²) in [7, 11) is 0. The maximum absolute atomic E-state index is 13.0. The number of benzene rings is 1. The number of halogens is 1. The highest BCUT2D eigenvalue weighted by Gasteiger charge is 2.24. The first-order valence-corrected chi connectivity index (χ1v) is 7.40. The standard InChI is InChI=1S/C16H24FNO/c1-2-14(12-8-10-13(17)11-9-12)18-15-6-4-3-5-7-16(15)19/h8-11,14-16,18-19H,2-7H2,1H3. The summed E-state index contributed by atoms with van der Waals surface area (Å²) >= 11 is 0. The molecule has 2 N–H and O–H groups in total. The number of aliphatic hydroxyl groups excluding tert-OH is 1. The summed E-state index contributed by atoms with van der Waals surface area (Å²) in [5, 5.41) is 13.7. The average molecular weight is 265 g/mol. The molecular formula is C16H24FNO. The predicted octanol–water partition coefficient (Wildman–Crippen LogP) is 3.56. The molecule has 0 saturated heterocycles. The van der Waals surface area contributed by atoms with E-state index in [4.69, 9.17) is 0 Å². The van der Waals surface area contributed by atoms with Crippen molar-refractivity contribution in [3.8, 4) is 0 Å². The molecule has 1 saturated carbocycles. The van der Waals surface area contributed by atoms with Crippen LogP contribution in [-0.4, -0.2) is 17.3 Å². The van der Waals surface area contributed by atoms with E-state index in [1.165, 1.54) is 25.0 Å². The van der Waals surface area contributed by atoms with Crippen molar-refractivity contribution in [3.63, 3.8) is 0 Å². The molecule has 1 aromatic rings. The molecule has 19 heavy (non-hydrogen) atoms. The largest absolute Gasteiger partial charge is 0.392 e. The Hall–Kier alpha value is -0.930. The number of hydrogen-bond acceptors (Lipinski definition) is 2. The molecule has 0 amide bonds. The van der Waals surface area contributed by atoms with E-state index in [1.807, 2.05) is 12.1 Å². The third kappa shape index (κ3) is 4.02. The zero-order valence-corrected chi connectivity index (χ0v) is 11.6. The first-order valence-electron chi connectivity index (χ1n) is 7.40. The monoisotopic (exact) mass is 265 g/mol. The van der Waals surface area contributed by atoms with Crippen molar-refractivity contribution in [1.82, 2.24) is 5.32 Å². The topological polar surface area (TPSA) is 32.3 Å². The third-order valence-electron chi connectivity index (χ3n) is 4.08. The SMILES string of the molecule is CCC(NC1CCCCCC1O)c1ccc(F)cc1. The molecule has 3 heteroatoms. The molecule has 0 heterocycles. The van der Waals surface area contributed by atoms with Gasteiger partial charge < -0.3 is 10.4 Å². The lowest BCUT2D eigenvalue weighted by molar-refractivity contribution is 0.113. The smallest absolute Gasteiger partial charge is 0.123 e. The predicted molar refractivity (Wildman–Crippen MR) is 75.4 cm³/mol. The Kier molecular flexibility index (Phi) is 5.34. The highest BCUT2D eigenvalue weighted by molar-refractivity contribution is 5.20. The summed E-state index contributed by atoms with van der Waals surface area (Å²) < 4.78 is 13.0. The van der Waals surface area contributed by atoms with Crippen molar-refractivity contribution in [2.45, 2.75) is 63.6 Å². The summed E-state index contributed by atoms with van der Waals surface area (Å²) in [6, 6.07) is 7.03. The Morgan fingerprint density at radius 1 is 1.21 bits per heavy atom. The molecule has 1 aliphatic carbocycles. The lowest BCUT2D eigenvalue weighted by Crippen LogP contribution is -2.41. The van der Waals surface area contributed by atoms with Crippen LogP contribution in [0.2, 0.25) is 0 Å². The second-order valence-corrected chi connectivity index (χ2v) is 5.49. The van der Waals surface area contributed by atoms with Gasteiger partial charge in [-0.3, -0.25) is 0 Å². The highest BCUT2D eigenvalue weighted by atomic mass is 19.1. The molecule has 106 valence electrons. The van der Waals surface area contributed by atoms with Gasteiger partial charge in [0.1, 0.15) is 5.82 Å². The van der Waals surface area contributed by atoms with E-state index in [1.54, 1.807) is 0 Å². The van der Waals surface area contributed by atoms with Gasteiger partial charge in [-0.1, -0.05) is 38.3 Å². The molecule has 1 aliphatic rings. The van der Waals surface area contributed by atoms with E-state index in [2.05, 4.69) is 12.2 Å². The van der Waals surface area contributed by atoms with Gasteiger partial charge in [-0.15, -0.1) is 0 Å². The number of hydrogen-bond donors (Lipinski definition) is 2. The van der Waals surface area contributed by atoms with E-state index in [0.717, 1.165) is 31.2 Å². The van der Waals surface area contributed by atoms with Gasteiger partial charge in [-0.05, 0) is 37.0 Å². The third-order valence-corrected chi connectivity index (χ3v) is 4.08. The lowest BCUT2D eigenvalue weighted by Gasteiger charge is -2.27. The Morgan fingerprint density at radius 2 is 1.89 bits per heavy atom. The molecule has 2 nitrogen and oxygen atoms in total. The van der Waals surface area contributed by atoms with Gasteiger partial charge >= 0.3 is 0 Å². The van der Waals surface area contributed by atoms with Crippen LogP contribution in [0, 0.1) is 5.82 Å². The summed E-state index contributed by atoms with van der Waals surface area (Å²) in [6.07, 6.45) is 6.10. The van der Waals surface area contributed by atoms with Crippen LogP contribution in [0.15, 0.2) is 24.3 Å². The molecule has 0 bridgehead atoms. The molecule has 0 spiro atoms. The molecule has 0 aliphatic heterocycles. The zero-order valence-electron chi connectivity index (χ0n) is 11.6. The quantitative estimate of drug-likeness (QED) is 0.816. The van der Waals surface area contributed by atoms with Crippen LogP contribution in [0.5, 0.6) is 0 Å². The van der Waals surface area contributed by atoms with Gasteiger partial charge in [-0.25, -0.2) is 4.39 Å². The average Bonchev–Trinajstić information content (AvgIpc) is 2.62. The van der Waals surface area contributed by atoms with Crippen molar-refractivity contribution in [1.29, 1.82) is 0 Å². The maximum atomic E-state index is 13.0. The fourth-order valence-corrected chi connectivity index (χ4v) is 2.89. The zero-order chi connectivity index (χ0) is 13.7. The normalized spacial score (nSPS) is 25.8. The minimum Gasteiger partial charge on any atom is -0.392 e. The first-order chi connectivity index (χ1) is 9.20. The van der Waals surface area contributed by atoms with Gasteiger partial charge in [0.25, 0.3) is 0 Å². The second kappa shape index (κ2) is 7.01. The molecule has 1 fully saturated rings. The van der Waals surface area contributed by atoms with Gasteiger partial charge in [0.2, 0.25) is 0 Å². The Labute approximate surface area is 115 Å². The minimum absolute atomic E-state index is 0.164. The summed E-state index contributed by atoms with van der Waals surface area (Å²) in [6.45, 7) is 2.12. The summed E-state index contributed by atoms with van der Waals surface area (Å²) in [5.74, 6) is -0.201. The summed E-state index contributed by atoms with van der Waals surface area (Å²) in [5.41, 5.74) is 1.10. The van der Waals surface area contributed by atoms with Crippen molar-refractivity contribution in [2.75, 3.05) is 0 Å². The van der Waals surface area contributed by atoms with Crippen molar-refractivity contribution in [3.05, 3.63) is 35.6 Å². The van der Waals surface area contributed by atoms with Crippen molar-refractivity contribution >= 4 is 0 Å². The Bertz CT molecular complexity index is 379. The fourth-order valence-electron chi connectivity index (χ4n) is 2.89. The van der Waals surface area contributed by atoms with Crippen LogP contribution in [0.25, 0.3) is 0 Å². The summed E-state index contributed by atoms with van der Waals surface area (Å²) in [4.78, 5) is 0. The molecule has 2 rings (SSSR count). The van der Waals surface area contributed by atoms with E-state index in [0.29, 0.717) is 0 Å². The van der Waals surface area contributed by atoms with Crippen LogP contribution in [0.1, 0.15) is 57.1 Å². The van der Waals surface area contributed by atoms with E-state index >= 15 is 0 Å². The molecular weight excluding hydrogens is 241 g/mol. The van der Waals surface area contributed by atoms with Crippen molar-refractivity contribution < 1.29 is 9.50 Å². The molecule has 0 radical (unpaired) electrons. The van der Waals surface area contributed by atoms with Gasteiger partial charge in [-0.2, -0.15) is 0 Å². The maximum Gasteiger partial charge on any atom is 0.123 e. The van der Waals surface area contributed by atoms with Crippen LogP contribution in [0.3, 0.4) is 0 Å². The second-order valence-electron chi connectivity index (χ2n) is 5.49. The van der Waals surface area contributed by atoms with E-state index < -0.39 is 0 Å². The lowest BCUT2D eigenvalue weighted by atomic mass is 9.99.